The zero-order valence-electron chi connectivity index (χ0n) is 12.6. The van der Waals surface area contributed by atoms with Gasteiger partial charge in [0.05, 0.1) is 6.61 Å². The second-order valence-corrected chi connectivity index (χ2v) is 6.38. The van der Waals surface area contributed by atoms with Crippen molar-refractivity contribution < 1.29 is 14.3 Å². The lowest BCUT2D eigenvalue weighted by atomic mass is 10.1. The first-order valence-corrected chi connectivity index (χ1v) is 7.39. The minimum absolute atomic E-state index is 0.162. The van der Waals surface area contributed by atoms with Gasteiger partial charge in [-0.1, -0.05) is 12.1 Å². The lowest BCUT2D eigenvalue weighted by Crippen LogP contribution is -2.23. The van der Waals surface area contributed by atoms with E-state index in [4.69, 9.17) is 9.47 Å². The molecule has 0 bridgehead atoms. The summed E-state index contributed by atoms with van der Waals surface area (Å²) in [5.41, 5.74) is 1.00. The molecule has 3 nitrogen and oxygen atoms in total. The Morgan fingerprint density at radius 2 is 1.85 bits per heavy atom. The molecule has 20 heavy (non-hydrogen) atoms. The van der Waals surface area contributed by atoms with E-state index < -0.39 is 5.60 Å². The van der Waals surface area contributed by atoms with Gasteiger partial charge in [-0.2, -0.15) is 0 Å². The molecule has 1 aromatic rings. The third kappa shape index (κ3) is 5.24. The Morgan fingerprint density at radius 1 is 1.20 bits per heavy atom. The van der Waals surface area contributed by atoms with Crippen LogP contribution in [0, 0.1) is 0 Å². The van der Waals surface area contributed by atoms with Crippen LogP contribution in [0.5, 0.6) is 5.75 Å². The Bertz CT molecular complexity index is 438. The van der Waals surface area contributed by atoms with Crippen LogP contribution in [0.4, 0.5) is 0 Å². The maximum Gasteiger partial charge on any atom is 0.306 e. The molecular weight excluding hydrogens is 252 g/mol. The minimum Gasteiger partial charge on any atom is -0.494 e. The van der Waals surface area contributed by atoms with Crippen molar-refractivity contribution in [2.24, 2.45) is 0 Å². The predicted molar refractivity (Wildman–Crippen MR) is 79.0 cm³/mol. The van der Waals surface area contributed by atoms with Crippen LogP contribution in [-0.4, -0.2) is 18.2 Å². The first kappa shape index (κ1) is 14.9. The van der Waals surface area contributed by atoms with Gasteiger partial charge in [-0.05, 0) is 63.6 Å². The highest BCUT2D eigenvalue weighted by Gasteiger charge is 2.23. The summed E-state index contributed by atoms with van der Waals surface area (Å²) in [6.07, 6.45) is 3.71. The topological polar surface area (TPSA) is 35.5 Å². The van der Waals surface area contributed by atoms with E-state index in [1.54, 1.807) is 0 Å². The molecule has 0 aliphatic heterocycles. The summed E-state index contributed by atoms with van der Waals surface area (Å²) >= 11 is 0. The first-order valence-electron chi connectivity index (χ1n) is 7.39. The largest absolute Gasteiger partial charge is 0.494 e. The van der Waals surface area contributed by atoms with E-state index in [0.717, 1.165) is 11.7 Å². The van der Waals surface area contributed by atoms with Crippen molar-refractivity contribution in [1.82, 2.24) is 0 Å². The molecular formula is C17H24O3. The molecule has 0 amide bonds. The summed E-state index contributed by atoms with van der Waals surface area (Å²) in [6, 6.07) is 8.31. The number of hydrogen-bond acceptors (Lipinski definition) is 3. The van der Waals surface area contributed by atoms with Crippen LogP contribution < -0.4 is 4.74 Å². The summed E-state index contributed by atoms with van der Waals surface area (Å²) in [5, 5.41) is 0. The number of carbonyl (C=O) groups is 1. The van der Waals surface area contributed by atoms with E-state index in [-0.39, 0.29) is 5.97 Å². The zero-order chi connectivity index (χ0) is 14.6. The van der Waals surface area contributed by atoms with Crippen molar-refractivity contribution in [3.63, 3.8) is 0 Å². The van der Waals surface area contributed by atoms with E-state index in [0.29, 0.717) is 19.4 Å². The van der Waals surface area contributed by atoms with E-state index >= 15 is 0 Å². The molecule has 1 fully saturated rings. The van der Waals surface area contributed by atoms with Crippen LogP contribution in [0.25, 0.3) is 0 Å². The molecule has 0 N–H and O–H groups in total. The molecule has 0 unspecified atom stereocenters. The lowest BCUT2D eigenvalue weighted by Gasteiger charge is -2.19. The van der Waals surface area contributed by atoms with Gasteiger partial charge >= 0.3 is 5.97 Å². The molecule has 1 aliphatic carbocycles. The molecule has 0 radical (unpaired) electrons. The van der Waals surface area contributed by atoms with Crippen molar-refractivity contribution in [2.45, 2.75) is 58.0 Å². The first-order chi connectivity index (χ1) is 9.44. The van der Waals surface area contributed by atoms with Crippen molar-refractivity contribution in [2.75, 3.05) is 6.61 Å². The number of ether oxygens (including phenoxy) is 2. The Balaban J connectivity index is 1.64. The molecule has 110 valence electrons. The lowest BCUT2D eigenvalue weighted by molar-refractivity contribution is -0.155. The normalized spacial score (nSPS) is 14.9. The van der Waals surface area contributed by atoms with Crippen molar-refractivity contribution in [1.29, 1.82) is 0 Å². The molecule has 0 saturated heterocycles. The van der Waals surface area contributed by atoms with E-state index in [2.05, 4.69) is 12.1 Å². The van der Waals surface area contributed by atoms with Crippen molar-refractivity contribution >= 4 is 5.97 Å². The van der Waals surface area contributed by atoms with Gasteiger partial charge in [0.2, 0.25) is 0 Å². The number of benzene rings is 1. The van der Waals surface area contributed by atoms with Crippen molar-refractivity contribution in [3.8, 4) is 5.75 Å². The fraction of sp³-hybridized carbons (Fsp3) is 0.588. The van der Waals surface area contributed by atoms with Gasteiger partial charge in [0, 0.05) is 6.42 Å². The highest BCUT2D eigenvalue weighted by Crippen LogP contribution is 2.40. The summed E-state index contributed by atoms with van der Waals surface area (Å²) in [4.78, 5) is 11.5. The molecule has 0 aromatic heterocycles. The Morgan fingerprint density at radius 3 is 2.40 bits per heavy atom. The van der Waals surface area contributed by atoms with Gasteiger partial charge in [-0.25, -0.2) is 0 Å². The fourth-order valence-corrected chi connectivity index (χ4v) is 2.05. The molecule has 0 spiro atoms. The highest BCUT2D eigenvalue weighted by atomic mass is 16.6. The summed E-state index contributed by atoms with van der Waals surface area (Å²) in [7, 11) is 0. The molecule has 2 rings (SSSR count). The van der Waals surface area contributed by atoms with Gasteiger partial charge in [-0.15, -0.1) is 0 Å². The van der Waals surface area contributed by atoms with E-state index in [9.17, 15) is 4.79 Å². The molecule has 0 atom stereocenters. The number of rotatable bonds is 6. The molecule has 0 heterocycles. The summed E-state index contributed by atoms with van der Waals surface area (Å²) in [6.45, 7) is 6.18. The van der Waals surface area contributed by atoms with Crippen LogP contribution in [0.1, 0.15) is 57.9 Å². The number of hydrogen-bond donors (Lipinski definition) is 0. The minimum atomic E-state index is -0.406. The third-order valence-electron chi connectivity index (χ3n) is 3.14. The Kier molecular flexibility index (Phi) is 4.69. The predicted octanol–water partition coefficient (Wildman–Crippen LogP) is 4.06. The molecule has 1 saturated carbocycles. The Labute approximate surface area is 121 Å². The zero-order valence-corrected chi connectivity index (χ0v) is 12.6. The average Bonchev–Trinajstić information content (AvgIpc) is 3.17. The van der Waals surface area contributed by atoms with Crippen LogP contribution in [0.3, 0.4) is 0 Å². The monoisotopic (exact) mass is 276 g/mol. The van der Waals surface area contributed by atoms with Gasteiger partial charge in [0.1, 0.15) is 11.4 Å². The smallest absolute Gasteiger partial charge is 0.306 e. The maximum atomic E-state index is 11.5. The molecule has 3 heteroatoms. The van der Waals surface area contributed by atoms with Crippen LogP contribution in [0.15, 0.2) is 24.3 Å². The number of carbonyl (C=O) groups excluding carboxylic acids is 1. The van der Waals surface area contributed by atoms with Crippen LogP contribution in [0.2, 0.25) is 0 Å². The van der Waals surface area contributed by atoms with Gasteiger partial charge in [0.15, 0.2) is 0 Å². The quantitative estimate of drug-likeness (QED) is 0.580. The van der Waals surface area contributed by atoms with Gasteiger partial charge in [-0.3, -0.25) is 4.79 Å². The van der Waals surface area contributed by atoms with Gasteiger partial charge in [0.25, 0.3) is 0 Å². The van der Waals surface area contributed by atoms with Crippen LogP contribution >= 0.6 is 0 Å². The van der Waals surface area contributed by atoms with Crippen molar-refractivity contribution in [3.05, 3.63) is 29.8 Å². The maximum absolute atomic E-state index is 11.5. The van der Waals surface area contributed by atoms with Gasteiger partial charge < -0.3 is 9.47 Å². The third-order valence-corrected chi connectivity index (χ3v) is 3.14. The Hall–Kier alpha value is -1.51. The molecule has 1 aromatic carbocycles. The standard InChI is InChI=1S/C17H24O3/c1-17(2,3)20-16(18)5-4-12-19-15-10-8-14(9-11-15)13-6-7-13/h8-11,13H,4-7,12H2,1-3H3. The summed E-state index contributed by atoms with van der Waals surface area (Å²) in [5.74, 6) is 1.49. The average molecular weight is 276 g/mol. The second-order valence-electron chi connectivity index (χ2n) is 6.38. The summed E-state index contributed by atoms with van der Waals surface area (Å²) < 4.78 is 10.9. The van der Waals surface area contributed by atoms with E-state index in [1.807, 2.05) is 32.9 Å². The molecule has 1 aliphatic rings. The van der Waals surface area contributed by atoms with Crippen LogP contribution in [-0.2, 0) is 9.53 Å². The second kappa shape index (κ2) is 6.29. The SMILES string of the molecule is CC(C)(C)OC(=O)CCCOc1ccc(C2CC2)cc1. The number of esters is 1. The fourth-order valence-electron chi connectivity index (χ4n) is 2.05. The van der Waals surface area contributed by atoms with E-state index in [1.165, 1.54) is 18.4 Å². The highest BCUT2D eigenvalue weighted by molar-refractivity contribution is 5.69.